The second kappa shape index (κ2) is 8.76. The SMILES string of the molecule is CC1CCCCN1C(=O)c1cc(C(=O)N2CCCCC2C)cc(N2CCCC2)c1. The number of benzene rings is 1. The molecule has 3 aliphatic heterocycles. The minimum atomic E-state index is 0.0824. The van der Waals surface area contributed by atoms with Gasteiger partial charge in [-0.15, -0.1) is 0 Å². The monoisotopic (exact) mass is 397 g/mol. The highest BCUT2D eigenvalue weighted by Crippen LogP contribution is 2.28. The lowest BCUT2D eigenvalue weighted by atomic mass is 9.99. The summed E-state index contributed by atoms with van der Waals surface area (Å²) in [5.74, 6) is 0.165. The van der Waals surface area contributed by atoms with Crippen LogP contribution < -0.4 is 4.90 Å². The van der Waals surface area contributed by atoms with E-state index in [0.29, 0.717) is 11.1 Å². The van der Waals surface area contributed by atoms with Gasteiger partial charge in [0.1, 0.15) is 0 Å². The van der Waals surface area contributed by atoms with E-state index in [1.807, 2.05) is 28.0 Å². The molecule has 0 spiro atoms. The zero-order chi connectivity index (χ0) is 20.4. The molecule has 3 heterocycles. The Morgan fingerprint density at radius 1 is 0.690 bits per heavy atom. The van der Waals surface area contributed by atoms with Crippen molar-refractivity contribution < 1.29 is 9.59 Å². The molecule has 0 aromatic heterocycles. The van der Waals surface area contributed by atoms with Crippen LogP contribution in [0.15, 0.2) is 18.2 Å². The predicted molar refractivity (Wildman–Crippen MR) is 117 cm³/mol. The van der Waals surface area contributed by atoms with Crippen LogP contribution in [0.2, 0.25) is 0 Å². The van der Waals surface area contributed by atoms with Crippen LogP contribution in [0, 0.1) is 0 Å². The second-order valence-corrected chi connectivity index (χ2v) is 9.15. The first kappa shape index (κ1) is 20.2. The molecule has 0 bridgehead atoms. The molecule has 2 unspecified atom stereocenters. The Balaban J connectivity index is 1.67. The zero-order valence-electron chi connectivity index (χ0n) is 18.0. The number of piperidine rings is 2. The van der Waals surface area contributed by atoms with Gasteiger partial charge in [0.05, 0.1) is 0 Å². The van der Waals surface area contributed by atoms with E-state index in [2.05, 4.69) is 18.7 Å². The minimum Gasteiger partial charge on any atom is -0.371 e. The first-order valence-corrected chi connectivity index (χ1v) is 11.6. The summed E-state index contributed by atoms with van der Waals surface area (Å²) >= 11 is 0. The summed E-state index contributed by atoms with van der Waals surface area (Å²) in [6.45, 7) is 7.93. The number of nitrogens with zero attached hydrogens (tertiary/aromatic N) is 3. The number of anilines is 1. The van der Waals surface area contributed by atoms with Crippen LogP contribution in [0.5, 0.6) is 0 Å². The van der Waals surface area contributed by atoms with Crippen LogP contribution in [-0.2, 0) is 0 Å². The highest BCUT2D eigenvalue weighted by Gasteiger charge is 2.29. The fourth-order valence-electron chi connectivity index (χ4n) is 5.15. The Kier molecular flexibility index (Phi) is 6.12. The van der Waals surface area contributed by atoms with Crippen LogP contribution in [0.1, 0.15) is 85.9 Å². The summed E-state index contributed by atoms with van der Waals surface area (Å²) in [6, 6.07) is 6.44. The summed E-state index contributed by atoms with van der Waals surface area (Å²) in [4.78, 5) is 33.1. The predicted octanol–water partition coefficient (Wildman–Crippen LogP) is 4.32. The van der Waals surface area contributed by atoms with Crippen LogP contribution in [0.3, 0.4) is 0 Å². The van der Waals surface area contributed by atoms with Crippen LogP contribution in [0.4, 0.5) is 5.69 Å². The van der Waals surface area contributed by atoms with Crippen molar-refractivity contribution in [1.82, 2.24) is 9.80 Å². The molecule has 29 heavy (non-hydrogen) atoms. The highest BCUT2D eigenvalue weighted by molar-refractivity contribution is 6.01. The second-order valence-electron chi connectivity index (χ2n) is 9.15. The van der Waals surface area contributed by atoms with Crippen molar-refractivity contribution in [2.24, 2.45) is 0 Å². The Morgan fingerprint density at radius 2 is 1.14 bits per heavy atom. The molecule has 3 fully saturated rings. The average Bonchev–Trinajstić information content (AvgIpc) is 3.28. The minimum absolute atomic E-state index is 0.0824. The van der Waals surface area contributed by atoms with Gasteiger partial charge in [0.2, 0.25) is 0 Å². The molecule has 1 aromatic rings. The third-order valence-electron chi connectivity index (χ3n) is 7.01. The lowest BCUT2D eigenvalue weighted by Gasteiger charge is -2.35. The third-order valence-corrected chi connectivity index (χ3v) is 7.01. The number of carbonyl (C=O) groups is 2. The first-order chi connectivity index (χ1) is 14.0. The molecule has 158 valence electrons. The van der Waals surface area contributed by atoms with Crippen LogP contribution in [-0.4, -0.2) is 59.9 Å². The number of likely N-dealkylation sites (tertiary alicyclic amines) is 2. The van der Waals surface area contributed by atoms with Gasteiger partial charge in [0.25, 0.3) is 11.8 Å². The summed E-state index contributed by atoms with van der Waals surface area (Å²) in [5.41, 5.74) is 2.39. The fraction of sp³-hybridized carbons (Fsp3) is 0.667. The van der Waals surface area contributed by atoms with E-state index in [0.717, 1.165) is 57.5 Å². The largest absolute Gasteiger partial charge is 0.371 e. The van der Waals surface area contributed by atoms with Gasteiger partial charge in [-0.25, -0.2) is 0 Å². The van der Waals surface area contributed by atoms with Crippen molar-refractivity contribution in [3.05, 3.63) is 29.3 Å². The summed E-state index contributed by atoms with van der Waals surface area (Å²) in [5, 5.41) is 0. The maximum atomic E-state index is 13.4. The number of hydrogen-bond acceptors (Lipinski definition) is 3. The zero-order valence-corrected chi connectivity index (χ0v) is 18.0. The molecule has 0 saturated carbocycles. The molecule has 0 aliphatic carbocycles. The van der Waals surface area contributed by atoms with Crippen molar-refractivity contribution in [2.75, 3.05) is 31.1 Å². The molecule has 2 atom stereocenters. The number of hydrogen-bond donors (Lipinski definition) is 0. The smallest absolute Gasteiger partial charge is 0.254 e. The topological polar surface area (TPSA) is 43.9 Å². The van der Waals surface area contributed by atoms with E-state index < -0.39 is 0 Å². The fourth-order valence-corrected chi connectivity index (χ4v) is 5.15. The first-order valence-electron chi connectivity index (χ1n) is 11.6. The Hall–Kier alpha value is -2.04. The Bertz CT molecular complexity index is 704. The van der Waals surface area contributed by atoms with Crippen LogP contribution in [0.25, 0.3) is 0 Å². The summed E-state index contributed by atoms with van der Waals surface area (Å²) in [7, 11) is 0. The number of carbonyl (C=O) groups excluding carboxylic acids is 2. The molecule has 1 aromatic carbocycles. The van der Waals surface area contributed by atoms with E-state index in [4.69, 9.17) is 0 Å². The van der Waals surface area contributed by atoms with Gasteiger partial charge in [-0.2, -0.15) is 0 Å². The molecule has 5 heteroatoms. The summed E-state index contributed by atoms with van der Waals surface area (Å²) in [6.07, 6.45) is 8.99. The Morgan fingerprint density at radius 3 is 1.59 bits per heavy atom. The van der Waals surface area contributed by atoms with E-state index >= 15 is 0 Å². The molecule has 0 radical (unpaired) electrons. The Labute approximate surface area is 175 Å². The number of amides is 2. The van der Waals surface area contributed by atoms with Gasteiger partial charge in [-0.3, -0.25) is 9.59 Å². The van der Waals surface area contributed by atoms with Gasteiger partial charge >= 0.3 is 0 Å². The molecule has 3 saturated heterocycles. The lowest BCUT2D eigenvalue weighted by Crippen LogP contribution is -2.43. The summed E-state index contributed by atoms with van der Waals surface area (Å²) < 4.78 is 0. The van der Waals surface area contributed by atoms with Gasteiger partial charge < -0.3 is 14.7 Å². The van der Waals surface area contributed by atoms with Crippen molar-refractivity contribution in [2.45, 2.75) is 77.3 Å². The third kappa shape index (κ3) is 4.29. The highest BCUT2D eigenvalue weighted by atomic mass is 16.2. The maximum absolute atomic E-state index is 13.4. The van der Waals surface area contributed by atoms with E-state index in [-0.39, 0.29) is 23.9 Å². The van der Waals surface area contributed by atoms with E-state index in [1.54, 1.807) is 0 Å². The lowest BCUT2D eigenvalue weighted by molar-refractivity contribution is 0.0634. The van der Waals surface area contributed by atoms with Crippen molar-refractivity contribution >= 4 is 17.5 Å². The van der Waals surface area contributed by atoms with E-state index in [9.17, 15) is 9.59 Å². The maximum Gasteiger partial charge on any atom is 0.254 e. The molecule has 4 rings (SSSR count). The van der Waals surface area contributed by atoms with Crippen molar-refractivity contribution in [3.8, 4) is 0 Å². The normalized spacial score (nSPS) is 25.4. The molecule has 3 aliphatic rings. The van der Waals surface area contributed by atoms with Gasteiger partial charge in [0, 0.05) is 55.1 Å². The molecule has 5 nitrogen and oxygen atoms in total. The van der Waals surface area contributed by atoms with Gasteiger partial charge in [-0.05, 0) is 83.4 Å². The molecular weight excluding hydrogens is 362 g/mol. The quantitative estimate of drug-likeness (QED) is 0.763. The van der Waals surface area contributed by atoms with Crippen molar-refractivity contribution in [3.63, 3.8) is 0 Å². The van der Waals surface area contributed by atoms with Gasteiger partial charge in [0.15, 0.2) is 0 Å². The van der Waals surface area contributed by atoms with Gasteiger partial charge in [-0.1, -0.05) is 0 Å². The molecule has 2 amide bonds. The number of rotatable bonds is 3. The van der Waals surface area contributed by atoms with Crippen molar-refractivity contribution in [1.29, 1.82) is 0 Å². The average molecular weight is 398 g/mol. The van der Waals surface area contributed by atoms with E-state index in [1.165, 1.54) is 25.7 Å². The molecule has 0 N–H and O–H groups in total. The molecular formula is C24H35N3O2. The standard InChI is InChI=1S/C24H35N3O2/c1-18-9-3-5-13-26(18)23(28)20-15-21(17-22(16-20)25-11-7-8-12-25)24(29)27-14-6-4-10-19(27)2/h15-19H,3-14H2,1-2H3. The van der Waals surface area contributed by atoms with Crippen LogP contribution >= 0.6 is 0 Å².